The van der Waals surface area contributed by atoms with Crippen molar-refractivity contribution in [2.24, 2.45) is 0 Å². The number of aldehydes is 1. The molecule has 0 aliphatic carbocycles. The van der Waals surface area contributed by atoms with Crippen LogP contribution in [0.1, 0.15) is 33.3 Å². The minimum Gasteiger partial charge on any atom is -0.363 e. The van der Waals surface area contributed by atoms with Crippen LogP contribution in [0.2, 0.25) is 0 Å². The minimum absolute atomic E-state index is 0.294. The first kappa shape index (κ1) is 19.0. The van der Waals surface area contributed by atoms with Crippen molar-refractivity contribution < 1.29 is 33.2 Å². The number of hydrogen-bond acceptors (Lipinski definition) is 7. The molecule has 0 N–H and O–H groups in total. The Bertz CT molecular complexity index is 674. The molecule has 0 unspecified atom stereocenters. The number of hydrogen-bond donors (Lipinski definition) is 0. The molecule has 3 aliphatic rings. The molecule has 0 amide bonds. The van der Waals surface area contributed by atoms with Crippen LogP contribution < -0.4 is 0 Å². The molecular formula is C20H26O7. The second-order valence-electron chi connectivity index (χ2n) is 8.03. The summed E-state index contributed by atoms with van der Waals surface area (Å²) < 4.78 is 35.9. The lowest BCUT2D eigenvalue weighted by atomic mass is 9.96. The van der Waals surface area contributed by atoms with Gasteiger partial charge in [0.15, 0.2) is 24.2 Å². The highest BCUT2D eigenvalue weighted by molar-refractivity contribution is 5.57. The van der Waals surface area contributed by atoms with Crippen molar-refractivity contribution in [2.75, 3.05) is 0 Å². The second-order valence-corrected chi connectivity index (χ2v) is 8.03. The lowest BCUT2D eigenvalue weighted by Crippen LogP contribution is -2.59. The SMILES string of the molecule is CC1(C)O[C@@H]2[C@H](O1)[C@H]1OC(C)(C)O[C@H]1O[C@@H]2[C@H](C=O)OCc1ccccc1. The van der Waals surface area contributed by atoms with Crippen molar-refractivity contribution in [3.63, 3.8) is 0 Å². The first-order valence-electron chi connectivity index (χ1n) is 9.26. The molecule has 4 rings (SSSR count). The summed E-state index contributed by atoms with van der Waals surface area (Å²) in [5.74, 6) is -1.61. The van der Waals surface area contributed by atoms with Crippen LogP contribution in [0.4, 0.5) is 0 Å². The fourth-order valence-electron chi connectivity index (χ4n) is 3.89. The summed E-state index contributed by atoms with van der Waals surface area (Å²) >= 11 is 0. The van der Waals surface area contributed by atoms with Gasteiger partial charge >= 0.3 is 0 Å². The van der Waals surface area contributed by atoms with E-state index in [0.717, 1.165) is 11.8 Å². The van der Waals surface area contributed by atoms with Crippen molar-refractivity contribution in [1.82, 2.24) is 0 Å². The standard InChI is InChI=1S/C20H26O7/c1-19(2)24-15-14(13(10-21)22-11-12-8-6-5-7-9-12)23-18-17(16(15)25-19)26-20(3,4)27-18/h5-10,13-18H,11H2,1-4H3/t13-,14+,15-,16-,17+,18+/m0/s1. The molecule has 6 atom stereocenters. The third-order valence-corrected chi connectivity index (χ3v) is 4.93. The fourth-order valence-corrected chi connectivity index (χ4v) is 3.89. The predicted molar refractivity (Wildman–Crippen MR) is 93.6 cm³/mol. The first-order valence-corrected chi connectivity index (χ1v) is 9.26. The van der Waals surface area contributed by atoms with Gasteiger partial charge in [-0.1, -0.05) is 30.3 Å². The van der Waals surface area contributed by atoms with Crippen LogP contribution in [0.15, 0.2) is 30.3 Å². The van der Waals surface area contributed by atoms with Crippen LogP contribution in [0.25, 0.3) is 0 Å². The van der Waals surface area contributed by atoms with Crippen LogP contribution in [0, 0.1) is 0 Å². The van der Waals surface area contributed by atoms with E-state index in [1.165, 1.54) is 0 Å². The molecule has 1 aromatic carbocycles. The van der Waals surface area contributed by atoms with Gasteiger partial charge in [-0.05, 0) is 33.3 Å². The highest BCUT2D eigenvalue weighted by Gasteiger charge is 2.62. The van der Waals surface area contributed by atoms with E-state index in [0.29, 0.717) is 6.61 Å². The van der Waals surface area contributed by atoms with Crippen molar-refractivity contribution in [1.29, 1.82) is 0 Å². The van der Waals surface area contributed by atoms with Gasteiger partial charge in [-0.15, -0.1) is 0 Å². The summed E-state index contributed by atoms with van der Waals surface area (Å²) in [6.45, 7) is 7.60. The topological polar surface area (TPSA) is 72.5 Å². The number of carbonyl (C=O) groups is 1. The summed E-state index contributed by atoms with van der Waals surface area (Å²) in [5.41, 5.74) is 0.972. The molecule has 27 heavy (non-hydrogen) atoms. The van der Waals surface area contributed by atoms with Crippen LogP contribution in [0.5, 0.6) is 0 Å². The normalized spacial score (nSPS) is 37.4. The molecule has 0 radical (unpaired) electrons. The number of benzene rings is 1. The van der Waals surface area contributed by atoms with E-state index in [-0.39, 0.29) is 0 Å². The largest absolute Gasteiger partial charge is 0.363 e. The third kappa shape index (κ3) is 3.81. The van der Waals surface area contributed by atoms with Gasteiger partial charge in [0.05, 0.1) is 6.61 Å². The van der Waals surface area contributed by atoms with Crippen molar-refractivity contribution in [3.8, 4) is 0 Å². The van der Waals surface area contributed by atoms with Crippen molar-refractivity contribution in [2.45, 2.75) is 82.7 Å². The van der Waals surface area contributed by atoms with Crippen LogP contribution in [0.3, 0.4) is 0 Å². The first-order chi connectivity index (χ1) is 12.8. The van der Waals surface area contributed by atoms with Crippen LogP contribution >= 0.6 is 0 Å². The average molecular weight is 378 g/mol. The lowest BCUT2D eigenvalue weighted by Gasteiger charge is -2.39. The van der Waals surface area contributed by atoms with Gasteiger partial charge in [0.1, 0.15) is 30.5 Å². The number of fused-ring (bicyclic) bond motifs is 3. The van der Waals surface area contributed by atoms with Gasteiger partial charge in [0.25, 0.3) is 0 Å². The fraction of sp³-hybridized carbons (Fsp3) is 0.650. The monoisotopic (exact) mass is 378 g/mol. The zero-order chi connectivity index (χ0) is 19.2. The van der Waals surface area contributed by atoms with Gasteiger partial charge in [-0.3, -0.25) is 0 Å². The molecule has 3 saturated heterocycles. The molecule has 3 heterocycles. The van der Waals surface area contributed by atoms with E-state index in [1.54, 1.807) is 0 Å². The summed E-state index contributed by atoms with van der Waals surface area (Å²) in [6.07, 6.45) is -2.70. The smallest absolute Gasteiger partial charge is 0.190 e. The molecule has 0 bridgehead atoms. The summed E-state index contributed by atoms with van der Waals surface area (Å²) in [6, 6.07) is 9.66. The van der Waals surface area contributed by atoms with Gasteiger partial charge in [0.2, 0.25) is 0 Å². The molecule has 3 aliphatic heterocycles. The van der Waals surface area contributed by atoms with E-state index in [9.17, 15) is 4.79 Å². The maximum absolute atomic E-state index is 11.8. The van der Waals surface area contributed by atoms with Gasteiger partial charge in [-0.25, -0.2) is 0 Å². The van der Waals surface area contributed by atoms with Crippen LogP contribution in [-0.2, 0) is 39.8 Å². The number of rotatable bonds is 5. The molecule has 0 aromatic heterocycles. The Morgan fingerprint density at radius 3 is 2.30 bits per heavy atom. The van der Waals surface area contributed by atoms with Crippen molar-refractivity contribution >= 4 is 6.29 Å². The maximum atomic E-state index is 11.8. The second kappa shape index (κ2) is 6.92. The van der Waals surface area contributed by atoms with E-state index >= 15 is 0 Å². The Labute approximate surface area is 158 Å². The van der Waals surface area contributed by atoms with Crippen LogP contribution in [-0.4, -0.2) is 54.7 Å². The Kier molecular flexibility index (Phi) is 4.86. The Hall–Kier alpha value is -1.35. The maximum Gasteiger partial charge on any atom is 0.190 e. The number of carbonyl (C=O) groups excluding carboxylic acids is 1. The summed E-state index contributed by atoms with van der Waals surface area (Å²) in [5, 5.41) is 0. The van der Waals surface area contributed by atoms with Gasteiger partial charge in [-0.2, -0.15) is 0 Å². The molecule has 3 fully saturated rings. The third-order valence-electron chi connectivity index (χ3n) is 4.93. The number of ether oxygens (including phenoxy) is 6. The molecule has 7 nitrogen and oxygen atoms in total. The summed E-state index contributed by atoms with van der Waals surface area (Å²) in [7, 11) is 0. The predicted octanol–water partition coefficient (Wildman–Crippen LogP) is 2.17. The Morgan fingerprint density at radius 1 is 0.963 bits per heavy atom. The van der Waals surface area contributed by atoms with Crippen molar-refractivity contribution in [3.05, 3.63) is 35.9 Å². The van der Waals surface area contributed by atoms with E-state index in [1.807, 2.05) is 58.0 Å². The zero-order valence-corrected chi connectivity index (χ0v) is 16.0. The Morgan fingerprint density at radius 2 is 1.59 bits per heavy atom. The molecule has 0 saturated carbocycles. The molecule has 148 valence electrons. The minimum atomic E-state index is -0.816. The molecule has 7 heteroatoms. The van der Waals surface area contributed by atoms with Gasteiger partial charge < -0.3 is 33.2 Å². The van der Waals surface area contributed by atoms with E-state index in [2.05, 4.69) is 0 Å². The van der Waals surface area contributed by atoms with E-state index in [4.69, 9.17) is 28.4 Å². The quantitative estimate of drug-likeness (QED) is 0.727. The summed E-state index contributed by atoms with van der Waals surface area (Å²) in [4.78, 5) is 11.8. The van der Waals surface area contributed by atoms with E-state index < -0.39 is 48.4 Å². The average Bonchev–Trinajstić information content (AvgIpc) is 3.10. The molecule has 1 aromatic rings. The highest BCUT2D eigenvalue weighted by Crippen LogP contribution is 2.44. The molecular weight excluding hydrogens is 352 g/mol. The lowest BCUT2D eigenvalue weighted by molar-refractivity contribution is -0.253. The van der Waals surface area contributed by atoms with Gasteiger partial charge in [0, 0.05) is 0 Å². The zero-order valence-electron chi connectivity index (χ0n) is 16.0. The Balaban J connectivity index is 1.54. The highest BCUT2D eigenvalue weighted by atomic mass is 16.9. The molecule has 0 spiro atoms.